The molecule has 0 saturated carbocycles. The van der Waals surface area contributed by atoms with Crippen LogP contribution in [0.15, 0.2) is 83.3 Å². The molecule has 0 unspecified atom stereocenters. The van der Waals surface area contributed by atoms with Gasteiger partial charge in [0, 0.05) is 0 Å². The number of carbonyl (C=O) groups excluding carboxylic acids is 1. The summed E-state index contributed by atoms with van der Waals surface area (Å²) in [6.45, 7) is 0. The van der Waals surface area contributed by atoms with Gasteiger partial charge in [-0.2, -0.15) is 0 Å². The van der Waals surface area contributed by atoms with Crippen LogP contribution in [0.1, 0.15) is 10.4 Å². The highest BCUT2D eigenvalue weighted by molar-refractivity contribution is 9.10. The monoisotopic (exact) mass is 352 g/mol. The van der Waals surface area contributed by atoms with E-state index in [-0.39, 0.29) is 5.97 Å². The van der Waals surface area contributed by atoms with Crippen LogP contribution in [0.3, 0.4) is 0 Å². The van der Waals surface area contributed by atoms with Crippen molar-refractivity contribution in [3.05, 3.63) is 88.9 Å². The topological polar surface area (TPSA) is 26.3 Å². The summed E-state index contributed by atoms with van der Waals surface area (Å²) in [4.78, 5) is 12.1. The molecule has 0 fully saturated rings. The lowest BCUT2D eigenvalue weighted by atomic mass is 10.1. The van der Waals surface area contributed by atoms with Gasteiger partial charge in [0.15, 0.2) is 0 Å². The molecule has 3 heteroatoms. The largest absolute Gasteiger partial charge is 0.422 e. The summed E-state index contributed by atoms with van der Waals surface area (Å²) >= 11 is 3.47. The number of hydrogen-bond acceptors (Lipinski definition) is 2. The summed E-state index contributed by atoms with van der Waals surface area (Å²) in [5.41, 5.74) is 2.71. The van der Waals surface area contributed by atoms with E-state index >= 15 is 0 Å². The highest BCUT2D eigenvalue weighted by Crippen LogP contribution is 2.31. The van der Waals surface area contributed by atoms with Crippen LogP contribution in [-0.4, -0.2) is 5.97 Å². The molecule has 0 aliphatic heterocycles. The molecule has 0 heterocycles. The van der Waals surface area contributed by atoms with E-state index in [1.807, 2.05) is 60.7 Å². The zero-order valence-corrected chi connectivity index (χ0v) is 13.3. The molecule has 0 amide bonds. The SMILES string of the molecule is O=C(Oc1ccc(-c2ccccc2)cc1Br)c1ccccc1. The van der Waals surface area contributed by atoms with Crippen LogP contribution in [0.4, 0.5) is 0 Å². The van der Waals surface area contributed by atoms with Crippen molar-refractivity contribution >= 4 is 21.9 Å². The number of carbonyl (C=O) groups is 1. The van der Waals surface area contributed by atoms with Gasteiger partial charge >= 0.3 is 5.97 Å². The number of benzene rings is 3. The van der Waals surface area contributed by atoms with E-state index in [1.165, 1.54) is 0 Å². The summed E-state index contributed by atoms with van der Waals surface area (Å²) in [5, 5.41) is 0. The van der Waals surface area contributed by atoms with Crippen LogP contribution in [0.25, 0.3) is 11.1 Å². The Hall–Kier alpha value is -2.39. The van der Waals surface area contributed by atoms with Gasteiger partial charge < -0.3 is 4.74 Å². The van der Waals surface area contributed by atoms with Crippen molar-refractivity contribution in [3.8, 4) is 16.9 Å². The van der Waals surface area contributed by atoms with Crippen LogP contribution in [0, 0.1) is 0 Å². The lowest BCUT2D eigenvalue weighted by molar-refractivity contribution is 0.0733. The molecule has 0 saturated heterocycles. The number of rotatable bonds is 3. The van der Waals surface area contributed by atoms with Gasteiger partial charge in [-0.25, -0.2) is 4.79 Å². The molecule has 108 valence electrons. The Morgan fingerprint density at radius 1 is 0.773 bits per heavy atom. The second-order valence-corrected chi connectivity index (χ2v) is 5.62. The van der Waals surface area contributed by atoms with E-state index in [4.69, 9.17) is 4.74 Å². The van der Waals surface area contributed by atoms with Crippen molar-refractivity contribution in [2.24, 2.45) is 0 Å². The van der Waals surface area contributed by atoms with Gasteiger partial charge in [-0.05, 0) is 51.3 Å². The normalized spacial score (nSPS) is 10.2. The maximum atomic E-state index is 12.1. The lowest BCUT2D eigenvalue weighted by Crippen LogP contribution is -2.08. The Labute approximate surface area is 137 Å². The molecule has 0 aliphatic rings. The fraction of sp³-hybridized carbons (Fsp3) is 0. The smallest absolute Gasteiger partial charge is 0.343 e. The van der Waals surface area contributed by atoms with Crippen LogP contribution >= 0.6 is 15.9 Å². The first-order chi connectivity index (χ1) is 10.7. The fourth-order valence-corrected chi connectivity index (χ4v) is 2.59. The first kappa shape index (κ1) is 14.5. The molecule has 0 N–H and O–H groups in total. The quantitative estimate of drug-likeness (QED) is 0.470. The molecule has 0 spiro atoms. The first-order valence-corrected chi connectivity index (χ1v) is 7.65. The Balaban J connectivity index is 1.83. The van der Waals surface area contributed by atoms with Crippen LogP contribution < -0.4 is 4.74 Å². The van der Waals surface area contributed by atoms with Crippen LogP contribution in [-0.2, 0) is 0 Å². The highest BCUT2D eigenvalue weighted by atomic mass is 79.9. The lowest BCUT2D eigenvalue weighted by Gasteiger charge is -2.08. The molecule has 0 bridgehead atoms. The minimum Gasteiger partial charge on any atom is -0.422 e. The zero-order valence-electron chi connectivity index (χ0n) is 11.7. The van der Waals surface area contributed by atoms with Crippen molar-refractivity contribution < 1.29 is 9.53 Å². The van der Waals surface area contributed by atoms with E-state index in [9.17, 15) is 4.79 Å². The predicted molar refractivity (Wildman–Crippen MR) is 91.0 cm³/mol. The van der Waals surface area contributed by atoms with Crippen molar-refractivity contribution in [1.82, 2.24) is 0 Å². The van der Waals surface area contributed by atoms with E-state index in [2.05, 4.69) is 15.9 Å². The Morgan fingerprint density at radius 3 is 2.05 bits per heavy atom. The van der Waals surface area contributed by atoms with E-state index in [0.717, 1.165) is 15.6 Å². The summed E-state index contributed by atoms with van der Waals surface area (Å²) in [5.74, 6) is 0.141. The minimum absolute atomic E-state index is 0.367. The third-order valence-corrected chi connectivity index (χ3v) is 3.87. The Kier molecular flexibility index (Phi) is 4.35. The molecular formula is C19H13BrO2. The van der Waals surface area contributed by atoms with Crippen LogP contribution in [0.2, 0.25) is 0 Å². The zero-order chi connectivity index (χ0) is 15.4. The number of ether oxygens (including phenoxy) is 1. The van der Waals surface area contributed by atoms with E-state index in [1.54, 1.807) is 18.2 Å². The maximum Gasteiger partial charge on any atom is 0.343 e. The van der Waals surface area contributed by atoms with Gasteiger partial charge in [0.05, 0.1) is 10.0 Å². The van der Waals surface area contributed by atoms with Gasteiger partial charge in [-0.1, -0.05) is 54.6 Å². The summed E-state index contributed by atoms with van der Waals surface area (Å²) in [7, 11) is 0. The second-order valence-electron chi connectivity index (χ2n) is 4.77. The first-order valence-electron chi connectivity index (χ1n) is 6.86. The van der Waals surface area contributed by atoms with Crippen molar-refractivity contribution in [1.29, 1.82) is 0 Å². The van der Waals surface area contributed by atoms with Crippen molar-refractivity contribution in [2.75, 3.05) is 0 Å². The number of hydrogen-bond donors (Lipinski definition) is 0. The fourth-order valence-electron chi connectivity index (χ4n) is 2.13. The van der Waals surface area contributed by atoms with Gasteiger partial charge in [0.25, 0.3) is 0 Å². The Bertz CT molecular complexity index is 783. The molecular weight excluding hydrogens is 340 g/mol. The van der Waals surface area contributed by atoms with E-state index < -0.39 is 0 Å². The molecule has 0 aliphatic carbocycles. The van der Waals surface area contributed by atoms with Crippen molar-refractivity contribution in [2.45, 2.75) is 0 Å². The van der Waals surface area contributed by atoms with E-state index in [0.29, 0.717) is 11.3 Å². The maximum absolute atomic E-state index is 12.1. The van der Waals surface area contributed by atoms with Crippen molar-refractivity contribution in [3.63, 3.8) is 0 Å². The molecule has 3 rings (SSSR count). The molecule has 22 heavy (non-hydrogen) atoms. The second kappa shape index (κ2) is 6.58. The molecule has 2 nitrogen and oxygen atoms in total. The number of esters is 1. The average molecular weight is 353 g/mol. The van der Waals surface area contributed by atoms with Gasteiger partial charge in [-0.15, -0.1) is 0 Å². The Morgan fingerprint density at radius 2 is 1.41 bits per heavy atom. The van der Waals surface area contributed by atoms with Gasteiger partial charge in [0.1, 0.15) is 5.75 Å². The minimum atomic E-state index is -0.367. The standard InChI is InChI=1S/C19H13BrO2/c20-17-13-16(14-7-3-1-4-8-14)11-12-18(17)22-19(21)15-9-5-2-6-10-15/h1-13H. The third-order valence-electron chi connectivity index (χ3n) is 3.25. The summed E-state index contributed by atoms with van der Waals surface area (Å²) in [6.07, 6.45) is 0. The molecule has 0 radical (unpaired) electrons. The molecule has 0 aromatic heterocycles. The predicted octanol–water partition coefficient (Wildman–Crippen LogP) is 5.34. The molecule has 3 aromatic carbocycles. The molecule has 3 aromatic rings. The summed E-state index contributed by atoms with van der Waals surface area (Å²) in [6, 6.07) is 24.7. The van der Waals surface area contributed by atoms with Gasteiger partial charge in [0.2, 0.25) is 0 Å². The third kappa shape index (κ3) is 3.26. The molecule has 0 atom stereocenters. The highest BCUT2D eigenvalue weighted by Gasteiger charge is 2.11. The average Bonchev–Trinajstić information content (AvgIpc) is 2.58. The van der Waals surface area contributed by atoms with Crippen LogP contribution in [0.5, 0.6) is 5.75 Å². The van der Waals surface area contributed by atoms with Gasteiger partial charge in [-0.3, -0.25) is 0 Å². The summed E-state index contributed by atoms with van der Waals surface area (Å²) < 4.78 is 6.18. The number of halogens is 1.